The van der Waals surface area contributed by atoms with Gasteiger partial charge in [-0.2, -0.15) is 0 Å². The molecule has 110 valence electrons. The van der Waals surface area contributed by atoms with Gasteiger partial charge in [-0.15, -0.1) is 0 Å². The zero-order chi connectivity index (χ0) is 14.7. The smallest absolute Gasteiger partial charge is 0.407 e. The number of aromatic nitrogens is 2. The highest BCUT2D eigenvalue weighted by atomic mass is 16.5. The molecule has 0 bridgehead atoms. The molecule has 0 aliphatic carbocycles. The van der Waals surface area contributed by atoms with E-state index >= 15 is 0 Å². The molecule has 1 atom stereocenters. The fourth-order valence-electron chi connectivity index (χ4n) is 2.20. The van der Waals surface area contributed by atoms with Gasteiger partial charge < -0.3 is 20.7 Å². The van der Waals surface area contributed by atoms with Crippen LogP contribution in [-0.2, 0) is 4.74 Å². The largest absolute Gasteiger partial charge is 0.453 e. The SMILES string of the molecule is COC(=O)NC1CCN(c2cc(N)nc(C(C)C)n2)C1. The van der Waals surface area contributed by atoms with Gasteiger partial charge >= 0.3 is 6.09 Å². The van der Waals surface area contributed by atoms with Gasteiger partial charge in [0.05, 0.1) is 13.2 Å². The molecular weight excluding hydrogens is 258 g/mol. The molecule has 0 radical (unpaired) electrons. The van der Waals surface area contributed by atoms with E-state index in [1.807, 2.05) is 13.8 Å². The minimum absolute atomic E-state index is 0.0705. The molecule has 3 N–H and O–H groups in total. The van der Waals surface area contributed by atoms with Crippen LogP contribution in [0.2, 0.25) is 0 Å². The molecule has 20 heavy (non-hydrogen) atoms. The Morgan fingerprint density at radius 2 is 2.30 bits per heavy atom. The summed E-state index contributed by atoms with van der Waals surface area (Å²) >= 11 is 0. The molecule has 1 aromatic heterocycles. The second-order valence-corrected chi connectivity index (χ2v) is 5.23. The maximum Gasteiger partial charge on any atom is 0.407 e. The van der Waals surface area contributed by atoms with Crippen molar-refractivity contribution in [2.24, 2.45) is 0 Å². The Hall–Kier alpha value is -2.05. The van der Waals surface area contributed by atoms with Crippen molar-refractivity contribution in [3.8, 4) is 0 Å². The van der Waals surface area contributed by atoms with Crippen LogP contribution in [0.15, 0.2) is 6.07 Å². The first-order valence-electron chi connectivity index (χ1n) is 6.73. The van der Waals surface area contributed by atoms with Gasteiger partial charge in [0.2, 0.25) is 0 Å². The first kappa shape index (κ1) is 14.4. The summed E-state index contributed by atoms with van der Waals surface area (Å²) in [6, 6.07) is 1.84. The lowest BCUT2D eigenvalue weighted by atomic mass is 10.2. The highest BCUT2D eigenvalue weighted by Gasteiger charge is 2.25. The number of amides is 1. The predicted molar refractivity (Wildman–Crippen MR) is 76.7 cm³/mol. The number of nitrogens with zero attached hydrogens (tertiary/aromatic N) is 3. The van der Waals surface area contributed by atoms with E-state index in [4.69, 9.17) is 5.73 Å². The van der Waals surface area contributed by atoms with Crippen LogP contribution in [0.25, 0.3) is 0 Å². The minimum Gasteiger partial charge on any atom is -0.453 e. The quantitative estimate of drug-likeness (QED) is 0.861. The lowest BCUT2D eigenvalue weighted by Crippen LogP contribution is -2.37. The van der Waals surface area contributed by atoms with Crippen LogP contribution in [0.1, 0.15) is 32.0 Å². The van der Waals surface area contributed by atoms with E-state index in [1.54, 1.807) is 6.07 Å². The number of rotatable bonds is 3. The Labute approximate surface area is 118 Å². The summed E-state index contributed by atoms with van der Waals surface area (Å²) in [4.78, 5) is 22.1. The topological polar surface area (TPSA) is 93.4 Å². The zero-order valence-corrected chi connectivity index (χ0v) is 12.1. The third-order valence-electron chi connectivity index (χ3n) is 3.29. The molecule has 0 saturated carbocycles. The Morgan fingerprint density at radius 3 is 2.95 bits per heavy atom. The van der Waals surface area contributed by atoms with Crippen molar-refractivity contribution in [3.05, 3.63) is 11.9 Å². The molecular formula is C13H21N5O2. The van der Waals surface area contributed by atoms with Crippen LogP contribution < -0.4 is 16.0 Å². The maximum absolute atomic E-state index is 11.2. The zero-order valence-electron chi connectivity index (χ0n) is 12.1. The molecule has 1 fully saturated rings. The third kappa shape index (κ3) is 3.28. The average Bonchev–Trinajstić information content (AvgIpc) is 2.86. The predicted octanol–water partition coefficient (Wildman–Crippen LogP) is 1.12. The van der Waals surface area contributed by atoms with Gasteiger partial charge in [-0.1, -0.05) is 13.8 Å². The lowest BCUT2D eigenvalue weighted by molar-refractivity contribution is 0.167. The molecule has 1 amide bonds. The summed E-state index contributed by atoms with van der Waals surface area (Å²) in [6.07, 6.45) is 0.456. The normalized spacial score (nSPS) is 18.4. The van der Waals surface area contributed by atoms with Gasteiger partial charge in [-0.05, 0) is 6.42 Å². The second kappa shape index (κ2) is 5.94. The number of methoxy groups -OCH3 is 1. The molecule has 1 aromatic rings. The summed E-state index contributed by atoms with van der Waals surface area (Å²) in [5.41, 5.74) is 5.83. The average molecular weight is 279 g/mol. The fourth-order valence-corrected chi connectivity index (χ4v) is 2.20. The van der Waals surface area contributed by atoms with Crippen LogP contribution >= 0.6 is 0 Å². The number of alkyl carbamates (subject to hydrolysis) is 1. The first-order valence-corrected chi connectivity index (χ1v) is 6.73. The Kier molecular flexibility index (Phi) is 4.26. The highest BCUT2D eigenvalue weighted by molar-refractivity contribution is 5.67. The number of nitrogens with two attached hydrogens (primary N) is 1. The molecule has 0 aromatic carbocycles. The van der Waals surface area contributed by atoms with Crippen molar-refractivity contribution in [2.75, 3.05) is 30.8 Å². The van der Waals surface area contributed by atoms with Gasteiger partial charge in [0.25, 0.3) is 0 Å². The highest BCUT2D eigenvalue weighted by Crippen LogP contribution is 2.22. The number of carbonyl (C=O) groups excluding carboxylic acids is 1. The molecule has 7 heteroatoms. The molecule has 2 rings (SSSR count). The monoisotopic (exact) mass is 279 g/mol. The molecule has 0 spiro atoms. The van der Waals surface area contributed by atoms with Gasteiger partial charge in [-0.25, -0.2) is 14.8 Å². The Bertz CT molecular complexity index is 492. The summed E-state index contributed by atoms with van der Waals surface area (Å²) in [6.45, 7) is 5.58. The van der Waals surface area contributed by atoms with Crippen molar-refractivity contribution < 1.29 is 9.53 Å². The van der Waals surface area contributed by atoms with E-state index in [9.17, 15) is 4.79 Å². The number of hydrogen-bond donors (Lipinski definition) is 2. The van der Waals surface area contributed by atoms with Gasteiger partial charge in [0.15, 0.2) is 0 Å². The third-order valence-corrected chi connectivity index (χ3v) is 3.29. The molecule has 1 saturated heterocycles. The van der Waals surface area contributed by atoms with Gasteiger partial charge in [-0.3, -0.25) is 0 Å². The lowest BCUT2D eigenvalue weighted by Gasteiger charge is -2.19. The summed E-state index contributed by atoms with van der Waals surface area (Å²) < 4.78 is 4.61. The molecule has 1 unspecified atom stereocenters. The molecule has 2 heterocycles. The Morgan fingerprint density at radius 1 is 1.55 bits per heavy atom. The van der Waals surface area contributed by atoms with Crippen LogP contribution in [0.5, 0.6) is 0 Å². The summed E-state index contributed by atoms with van der Waals surface area (Å²) in [5, 5.41) is 2.80. The van der Waals surface area contributed by atoms with Crippen molar-refractivity contribution >= 4 is 17.7 Å². The number of anilines is 2. The second-order valence-electron chi connectivity index (χ2n) is 5.23. The van der Waals surface area contributed by atoms with Crippen LogP contribution in [0.3, 0.4) is 0 Å². The number of hydrogen-bond acceptors (Lipinski definition) is 6. The van der Waals surface area contributed by atoms with E-state index in [1.165, 1.54) is 7.11 Å². The fraction of sp³-hybridized carbons (Fsp3) is 0.615. The number of carbonyl (C=O) groups is 1. The van der Waals surface area contributed by atoms with E-state index in [0.29, 0.717) is 12.4 Å². The number of nitrogens with one attached hydrogen (secondary N) is 1. The van der Waals surface area contributed by atoms with Gasteiger partial charge in [0, 0.05) is 25.1 Å². The van der Waals surface area contributed by atoms with E-state index in [2.05, 4.69) is 24.9 Å². The van der Waals surface area contributed by atoms with E-state index in [-0.39, 0.29) is 12.0 Å². The van der Waals surface area contributed by atoms with Crippen molar-refractivity contribution in [3.63, 3.8) is 0 Å². The van der Waals surface area contributed by atoms with Gasteiger partial charge in [0.1, 0.15) is 17.5 Å². The minimum atomic E-state index is -0.401. The van der Waals surface area contributed by atoms with Crippen LogP contribution in [-0.4, -0.2) is 42.3 Å². The van der Waals surface area contributed by atoms with Crippen molar-refractivity contribution in [1.29, 1.82) is 0 Å². The number of ether oxygens (including phenoxy) is 1. The molecule has 1 aliphatic heterocycles. The first-order chi connectivity index (χ1) is 9.49. The van der Waals surface area contributed by atoms with Crippen molar-refractivity contribution in [1.82, 2.24) is 15.3 Å². The summed E-state index contributed by atoms with van der Waals surface area (Å²) in [7, 11) is 1.36. The Balaban J connectivity index is 2.08. The van der Waals surface area contributed by atoms with E-state index < -0.39 is 6.09 Å². The van der Waals surface area contributed by atoms with Crippen molar-refractivity contribution in [2.45, 2.75) is 32.2 Å². The number of nitrogen functional groups attached to an aromatic ring is 1. The van der Waals surface area contributed by atoms with Crippen LogP contribution in [0, 0.1) is 0 Å². The summed E-state index contributed by atoms with van der Waals surface area (Å²) in [5.74, 6) is 2.26. The molecule has 1 aliphatic rings. The maximum atomic E-state index is 11.2. The van der Waals surface area contributed by atoms with E-state index in [0.717, 1.165) is 24.6 Å². The molecule has 7 nitrogen and oxygen atoms in total. The van der Waals surface area contributed by atoms with Crippen LogP contribution in [0.4, 0.5) is 16.4 Å². The standard InChI is InChI=1S/C13H21N5O2/c1-8(2)12-16-10(14)6-11(17-12)18-5-4-9(7-18)15-13(19)20-3/h6,8-9H,4-5,7H2,1-3H3,(H,15,19)(H2,14,16,17).